The van der Waals surface area contributed by atoms with Crippen LogP contribution >= 0.6 is 0 Å². The summed E-state index contributed by atoms with van der Waals surface area (Å²) in [6, 6.07) is 11.1. The van der Waals surface area contributed by atoms with Crippen LogP contribution in [0, 0.1) is 6.92 Å². The lowest BCUT2D eigenvalue weighted by Crippen LogP contribution is -2.29. The van der Waals surface area contributed by atoms with Crippen molar-refractivity contribution in [1.29, 1.82) is 0 Å². The molecule has 112 valence electrons. The van der Waals surface area contributed by atoms with Gasteiger partial charge < -0.3 is 14.5 Å². The molecule has 21 heavy (non-hydrogen) atoms. The van der Waals surface area contributed by atoms with Gasteiger partial charge in [-0.15, -0.1) is 0 Å². The molecule has 5 heteroatoms. The zero-order valence-electron chi connectivity index (χ0n) is 12.6. The average molecular weight is 288 g/mol. The van der Waals surface area contributed by atoms with Gasteiger partial charge in [0.2, 0.25) is 5.91 Å². The lowest BCUT2D eigenvalue weighted by atomic mass is 10.3. The Morgan fingerprint density at radius 2 is 2.14 bits per heavy atom. The SMILES string of the molecule is COc1cccc(NC(=O)CN(C)Cc2ccc(C)o2)c1. The van der Waals surface area contributed by atoms with E-state index in [4.69, 9.17) is 9.15 Å². The first kappa shape index (κ1) is 15.1. The van der Waals surface area contributed by atoms with Crippen molar-refractivity contribution in [2.45, 2.75) is 13.5 Å². The number of amides is 1. The Kier molecular flexibility index (Phi) is 5.00. The third kappa shape index (κ3) is 4.65. The van der Waals surface area contributed by atoms with E-state index in [1.54, 1.807) is 13.2 Å². The van der Waals surface area contributed by atoms with E-state index in [-0.39, 0.29) is 12.5 Å². The van der Waals surface area contributed by atoms with Crippen molar-refractivity contribution in [3.8, 4) is 5.75 Å². The second-order valence-electron chi connectivity index (χ2n) is 4.96. The zero-order valence-corrected chi connectivity index (χ0v) is 12.6. The first-order valence-corrected chi connectivity index (χ1v) is 6.74. The number of ether oxygens (including phenoxy) is 1. The van der Waals surface area contributed by atoms with Gasteiger partial charge in [0.05, 0.1) is 20.2 Å². The zero-order chi connectivity index (χ0) is 15.2. The number of hydrogen-bond acceptors (Lipinski definition) is 4. The Labute approximate surface area is 124 Å². The lowest BCUT2D eigenvalue weighted by Gasteiger charge is -2.15. The van der Waals surface area contributed by atoms with Crippen LogP contribution in [0.15, 0.2) is 40.8 Å². The Balaban J connectivity index is 1.85. The molecule has 0 unspecified atom stereocenters. The predicted octanol–water partition coefficient (Wildman–Crippen LogP) is 2.67. The third-order valence-corrected chi connectivity index (χ3v) is 2.99. The number of carbonyl (C=O) groups excluding carboxylic acids is 1. The van der Waals surface area contributed by atoms with Crippen molar-refractivity contribution in [1.82, 2.24) is 4.90 Å². The van der Waals surface area contributed by atoms with Crippen LogP contribution in [0.2, 0.25) is 0 Å². The highest BCUT2D eigenvalue weighted by atomic mass is 16.5. The van der Waals surface area contributed by atoms with Crippen LogP contribution in [-0.4, -0.2) is 31.5 Å². The van der Waals surface area contributed by atoms with Crippen molar-refractivity contribution >= 4 is 11.6 Å². The molecule has 0 saturated heterocycles. The molecule has 0 fully saturated rings. The predicted molar refractivity (Wildman–Crippen MR) is 81.4 cm³/mol. The molecule has 2 aromatic rings. The minimum atomic E-state index is -0.0750. The number of nitrogens with zero attached hydrogens (tertiary/aromatic N) is 1. The van der Waals surface area contributed by atoms with Gasteiger partial charge >= 0.3 is 0 Å². The molecule has 1 heterocycles. The molecule has 0 aliphatic rings. The van der Waals surface area contributed by atoms with Gasteiger partial charge in [-0.2, -0.15) is 0 Å². The highest BCUT2D eigenvalue weighted by Crippen LogP contribution is 2.16. The summed E-state index contributed by atoms with van der Waals surface area (Å²) in [6.07, 6.45) is 0. The number of anilines is 1. The van der Waals surface area contributed by atoms with E-state index in [0.717, 1.165) is 17.2 Å². The average Bonchev–Trinajstić information content (AvgIpc) is 2.83. The number of methoxy groups -OCH3 is 1. The van der Waals surface area contributed by atoms with Crippen molar-refractivity contribution in [3.05, 3.63) is 47.9 Å². The fourth-order valence-electron chi connectivity index (χ4n) is 2.04. The molecule has 0 aliphatic carbocycles. The molecular formula is C16H20N2O3. The Morgan fingerprint density at radius 3 is 2.81 bits per heavy atom. The molecule has 5 nitrogen and oxygen atoms in total. The molecule has 1 amide bonds. The molecular weight excluding hydrogens is 268 g/mol. The maximum atomic E-state index is 12.0. The van der Waals surface area contributed by atoms with Gasteiger partial charge in [0, 0.05) is 11.8 Å². The second kappa shape index (κ2) is 6.95. The number of aryl methyl sites for hydroxylation is 1. The third-order valence-electron chi connectivity index (χ3n) is 2.99. The summed E-state index contributed by atoms with van der Waals surface area (Å²) in [5.74, 6) is 2.37. The van der Waals surface area contributed by atoms with Gasteiger partial charge in [-0.1, -0.05) is 6.07 Å². The largest absolute Gasteiger partial charge is 0.497 e. The summed E-state index contributed by atoms with van der Waals surface area (Å²) in [4.78, 5) is 13.9. The number of carbonyl (C=O) groups is 1. The van der Waals surface area contributed by atoms with Gasteiger partial charge in [0.25, 0.3) is 0 Å². The molecule has 0 radical (unpaired) electrons. The van der Waals surface area contributed by atoms with E-state index in [1.165, 1.54) is 0 Å². The summed E-state index contributed by atoms with van der Waals surface area (Å²) >= 11 is 0. The minimum Gasteiger partial charge on any atom is -0.497 e. The highest BCUT2D eigenvalue weighted by Gasteiger charge is 2.09. The van der Waals surface area contributed by atoms with Gasteiger partial charge in [0.15, 0.2) is 0 Å². The maximum absolute atomic E-state index is 12.0. The Bertz CT molecular complexity index is 607. The first-order chi connectivity index (χ1) is 10.1. The van der Waals surface area contributed by atoms with Gasteiger partial charge in [-0.3, -0.25) is 9.69 Å². The number of nitrogens with one attached hydrogen (secondary N) is 1. The van der Waals surface area contributed by atoms with E-state index < -0.39 is 0 Å². The van der Waals surface area contributed by atoms with Gasteiger partial charge in [-0.25, -0.2) is 0 Å². The Hall–Kier alpha value is -2.27. The quantitative estimate of drug-likeness (QED) is 0.888. The molecule has 2 rings (SSSR count). The van der Waals surface area contributed by atoms with E-state index >= 15 is 0 Å². The standard InChI is InChI=1S/C16H20N2O3/c1-12-7-8-15(21-12)10-18(2)11-16(19)17-13-5-4-6-14(9-13)20-3/h4-9H,10-11H2,1-3H3,(H,17,19). The van der Waals surface area contributed by atoms with Crippen LogP contribution in [-0.2, 0) is 11.3 Å². The van der Waals surface area contributed by atoms with Crippen molar-refractivity contribution in [2.24, 2.45) is 0 Å². The number of likely N-dealkylation sites (N-methyl/N-ethyl adjacent to an activating group) is 1. The fraction of sp³-hybridized carbons (Fsp3) is 0.312. The van der Waals surface area contributed by atoms with E-state index in [2.05, 4.69) is 5.32 Å². The molecule has 0 atom stereocenters. The van der Waals surface area contributed by atoms with E-state index in [0.29, 0.717) is 12.3 Å². The summed E-state index contributed by atoms with van der Waals surface area (Å²) in [5, 5.41) is 2.85. The summed E-state index contributed by atoms with van der Waals surface area (Å²) < 4.78 is 10.6. The molecule has 0 spiro atoms. The smallest absolute Gasteiger partial charge is 0.238 e. The topological polar surface area (TPSA) is 54.7 Å². The second-order valence-corrected chi connectivity index (χ2v) is 4.96. The Morgan fingerprint density at radius 1 is 1.33 bits per heavy atom. The number of benzene rings is 1. The van der Waals surface area contributed by atoms with E-state index in [1.807, 2.05) is 49.2 Å². The lowest BCUT2D eigenvalue weighted by molar-refractivity contribution is -0.117. The van der Waals surface area contributed by atoms with Crippen LogP contribution in [0.5, 0.6) is 5.75 Å². The maximum Gasteiger partial charge on any atom is 0.238 e. The molecule has 0 bridgehead atoms. The highest BCUT2D eigenvalue weighted by molar-refractivity contribution is 5.92. The van der Waals surface area contributed by atoms with Crippen molar-refractivity contribution in [2.75, 3.05) is 26.0 Å². The van der Waals surface area contributed by atoms with Crippen LogP contribution < -0.4 is 10.1 Å². The summed E-state index contributed by atoms with van der Waals surface area (Å²) in [7, 11) is 3.48. The fourth-order valence-corrected chi connectivity index (χ4v) is 2.04. The first-order valence-electron chi connectivity index (χ1n) is 6.74. The van der Waals surface area contributed by atoms with Crippen LogP contribution in [0.1, 0.15) is 11.5 Å². The number of furan rings is 1. The van der Waals surface area contributed by atoms with Crippen molar-refractivity contribution in [3.63, 3.8) is 0 Å². The number of hydrogen-bond donors (Lipinski definition) is 1. The molecule has 1 N–H and O–H groups in total. The monoisotopic (exact) mass is 288 g/mol. The van der Waals surface area contributed by atoms with Gasteiger partial charge in [-0.05, 0) is 38.2 Å². The molecule has 0 saturated carbocycles. The van der Waals surface area contributed by atoms with Crippen LogP contribution in [0.3, 0.4) is 0 Å². The van der Waals surface area contributed by atoms with Gasteiger partial charge in [0.1, 0.15) is 17.3 Å². The number of rotatable bonds is 6. The molecule has 0 aliphatic heterocycles. The normalized spacial score (nSPS) is 10.7. The minimum absolute atomic E-state index is 0.0750. The molecule has 1 aromatic heterocycles. The molecule has 1 aromatic carbocycles. The van der Waals surface area contributed by atoms with Crippen LogP contribution in [0.25, 0.3) is 0 Å². The summed E-state index contributed by atoms with van der Waals surface area (Å²) in [6.45, 7) is 2.79. The van der Waals surface area contributed by atoms with Crippen molar-refractivity contribution < 1.29 is 13.9 Å². The van der Waals surface area contributed by atoms with E-state index in [9.17, 15) is 4.79 Å². The summed E-state index contributed by atoms with van der Waals surface area (Å²) in [5.41, 5.74) is 0.724. The van der Waals surface area contributed by atoms with Crippen LogP contribution in [0.4, 0.5) is 5.69 Å².